The van der Waals surface area contributed by atoms with Crippen molar-refractivity contribution in [2.75, 3.05) is 6.61 Å². The van der Waals surface area contributed by atoms with Gasteiger partial charge in [-0.3, -0.25) is 4.79 Å². The van der Waals surface area contributed by atoms with Gasteiger partial charge in [-0.2, -0.15) is 0 Å². The molecule has 1 amide bonds. The average Bonchev–Trinajstić information content (AvgIpc) is 3.25. The fraction of sp³-hybridized carbons (Fsp3) is 0.407. The molecule has 6 nitrogen and oxygen atoms in total. The Balaban J connectivity index is 1.63. The van der Waals surface area contributed by atoms with Gasteiger partial charge in [0.05, 0.1) is 19.0 Å². The SMILES string of the molecule is CC(C)(C)[Si](C)(C)OC(CCCOc1cccc(-c2ccccc2Cl)c1)Cn1cnc(C(N)=O)c1. The number of hydrogen-bond donors (Lipinski definition) is 1. The molecule has 0 aliphatic heterocycles. The number of primary amides is 1. The van der Waals surface area contributed by atoms with Gasteiger partial charge in [0, 0.05) is 23.3 Å². The van der Waals surface area contributed by atoms with Gasteiger partial charge in [-0.05, 0) is 54.7 Å². The van der Waals surface area contributed by atoms with E-state index < -0.39 is 14.2 Å². The van der Waals surface area contributed by atoms with E-state index in [2.05, 4.69) is 38.8 Å². The molecule has 35 heavy (non-hydrogen) atoms. The van der Waals surface area contributed by atoms with Gasteiger partial charge in [-0.1, -0.05) is 62.7 Å². The quantitative estimate of drug-likeness (QED) is 0.233. The Kier molecular flexibility index (Phi) is 8.80. The maximum absolute atomic E-state index is 11.4. The average molecular weight is 514 g/mol. The second-order valence-electron chi connectivity index (χ2n) is 10.3. The lowest BCUT2D eigenvalue weighted by molar-refractivity contribution is 0.0995. The van der Waals surface area contributed by atoms with Crippen molar-refractivity contribution in [1.29, 1.82) is 0 Å². The molecule has 0 saturated carbocycles. The highest BCUT2D eigenvalue weighted by Crippen LogP contribution is 2.38. The zero-order valence-electron chi connectivity index (χ0n) is 21.3. The Bertz CT molecular complexity index is 1140. The van der Waals surface area contributed by atoms with Gasteiger partial charge in [-0.25, -0.2) is 4.98 Å². The monoisotopic (exact) mass is 513 g/mol. The summed E-state index contributed by atoms with van der Waals surface area (Å²) < 4.78 is 14.7. The van der Waals surface area contributed by atoms with Gasteiger partial charge < -0.3 is 19.5 Å². The number of ether oxygens (including phenoxy) is 1. The number of carbonyl (C=O) groups excluding carboxylic acids is 1. The number of amides is 1. The predicted octanol–water partition coefficient (Wildman–Crippen LogP) is 6.55. The van der Waals surface area contributed by atoms with Crippen molar-refractivity contribution in [2.24, 2.45) is 5.73 Å². The van der Waals surface area contributed by atoms with Crippen molar-refractivity contribution in [1.82, 2.24) is 9.55 Å². The van der Waals surface area contributed by atoms with Crippen LogP contribution in [0.1, 0.15) is 44.1 Å². The van der Waals surface area contributed by atoms with E-state index in [1.54, 1.807) is 12.5 Å². The van der Waals surface area contributed by atoms with Crippen LogP contribution in [-0.2, 0) is 11.0 Å². The molecule has 188 valence electrons. The molecule has 0 aliphatic rings. The first kappa shape index (κ1) is 27.0. The minimum atomic E-state index is -1.99. The fourth-order valence-corrected chi connectivity index (χ4v) is 5.18. The number of nitrogens with zero attached hydrogens (tertiary/aromatic N) is 2. The van der Waals surface area contributed by atoms with E-state index in [-0.39, 0.29) is 16.8 Å². The molecule has 1 unspecified atom stereocenters. The summed E-state index contributed by atoms with van der Waals surface area (Å²) in [6, 6.07) is 15.8. The van der Waals surface area contributed by atoms with E-state index >= 15 is 0 Å². The highest BCUT2D eigenvalue weighted by Gasteiger charge is 2.39. The predicted molar refractivity (Wildman–Crippen MR) is 144 cm³/mol. The van der Waals surface area contributed by atoms with Crippen molar-refractivity contribution in [3.8, 4) is 16.9 Å². The Labute approximate surface area is 214 Å². The smallest absolute Gasteiger partial charge is 0.268 e. The Morgan fingerprint density at radius 2 is 1.91 bits per heavy atom. The van der Waals surface area contributed by atoms with E-state index in [1.165, 1.54) is 0 Å². The van der Waals surface area contributed by atoms with E-state index in [1.807, 2.05) is 53.1 Å². The van der Waals surface area contributed by atoms with Crippen LogP contribution in [0.2, 0.25) is 23.2 Å². The van der Waals surface area contributed by atoms with Crippen LogP contribution in [0.25, 0.3) is 11.1 Å². The van der Waals surface area contributed by atoms with Crippen LogP contribution in [-0.4, -0.2) is 36.5 Å². The van der Waals surface area contributed by atoms with Gasteiger partial charge >= 0.3 is 0 Å². The standard InChI is InChI=1S/C27H36ClN3O3Si/c1-27(2,3)35(4,5)34-22(17-31-18-25(26(29)32)30-19-31)12-9-15-33-21-11-8-10-20(16-21)23-13-6-7-14-24(23)28/h6-8,10-11,13-14,16,18-19,22H,9,12,15,17H2,1-5H3,(H2,29,32). The maximum Gasteiger partial charge on any atom is 0.268 e. The van der Waals surface area contributed by atoms with E-state index in [0.717, 1.165) is 29.7 Å². The number of halogens is 1. The van der Waals surface area contributed by atoms with Gasteiger partial charge in [0.15, 0.2) is 8.32 Å². The largest absolute Gasteiger partial charge is 0.494 e. The first-order chi connectivity index (χ1) is 16.5. The molecule has 1 atom stereocenters. The number of carbonyl (C=O) groups is 1. The van der Waals surface area contributed by atoms with Crippen LogP contribution in [0, 0.1) is 0 Å². The highest BCUT2D eigenvalue weighted by molar-refractivity contribution is 6.74. The summed E-state index contributed by atoms with van der Waals surface area (Å²) >= 11 is 6.36. The molecule has 0 bridgehead atoms. The molecular formula is C27H36ClN3O3Si. The third-order valence-electron chi connectivity index (χ3n) is 6.53. The van der Waals surface area contributed by atoms with Crippen LogP contribution >= 0.6 is 11.6 Å². The first-order valence-corrected chi connectivity index (χ1v) is 15.2. The van der Waals surface area contributed by atoms with Gasteiger partial charge in [0.25, 0.3) is 5.91 Å². The maximum atomic E-state index is 11.4. The highest BCUT2D eigenvalue weighted by atomic mass is 35.5. The third-order valence-corrected chi connectivity index (χ3v) is 11.4. The molecule has 0 fully saturated rings. The molecule has 3 aromatic rings. The molecule has 8 heteroatoms. The number of benzene rings is 2. The molecule has 0 aliphatic carbocycles. The summed E-state index contributed by atoms with van der Waals surface area (Å²) in [6.45, 7) is 12.4. The first-order valence-electron chi connectivity index (χ1n) is 11.9. The van der Waals surface area contributed by atoms with Gasteiger partial charge in [0.2, 0.25) is 0 Å². The lowest BCUT2D eigenvalue weighted by Crippen LogP contribution is -2.45. The van der Waals surface area contributed by atoms with Crippen LogP contribution in [0.5, 0.6) is 5.75 Å². The molecule has 3 rings (SSSR count). The Morgan fingerprint density at radius 3 is 2.57 bits per heavy atom. The van der Waals surface area contributed by atoms with Crippen molar-refractivity contribution >= 4 is 25.8 Å². The topological polar surface area (TPSA) is 79.4 Å². The van der Waals surface area contributed by atoms with Crippen LogP contribution in [0.4, 0.5) is 0 Å². The minimum Gasteiger partial charge on any atom is -0.494 e. The molecule has 2 aromatic carbocycles. The molecule has 0 spiro atoms. The molecule has 0 saturated heterocycles. The van der Waals surface area contributed by atoms with Crippen molar-refractivity contribution in [3.05, 3.63) is 71.8 Å². The van der Waals surface area contributed by atoms with E-state index in [9.17, 15) is 4.79 Å². The summed E-state index contributed by atoms with van der Waals surface area (Å²) in [5, 5.41) is 0.808. The molecular weight excluding hydrogens is 478 g/mol. The van der Waals surface area contributed by atoms with Crippen molar-refractivity contribution in [3.63, 3.8) is 0 Å². The van der Waals surface area contributed by atoms with Crippen LogP contribution in [0.15, 0.2) is 61.1 Å². The van der Waals surface area contributed by atoms with Gasteiger partial charge in [0.1, 0.15) is 11.4 Å². The normalized spacial score (nSPS) is 13.0. The minimum absolute atomic E-state index is 0.0242. The molecule has 0 radical (unpaired) electrons. The fourth-order valence-electron chi connectivity index (χ4n) is 3.55. The van der Waals surface area contributed by atoms with E-state index in [0.29, 0.717) is 18.2 Å². The summed E-state index contributed by atoms with van der Waals surface area (Å²) in [5.41, 5.74) is 7.63. The second-order valence-corrected chi connectivity index (χ2v) is 15.5. The number of aromatic nitrogens is 2. The lowest BCUT2D eigenvalue weighted by Gasteiger charge is -2.39. The number of hydrogen-bond acceptors (Lipinski definition) is 4. The zero-order chi connectivity index (χ0) is 25.6. The van der Waals surface area contributed by atoms with Crippen LogP contribution < -0.4 is 10.5 Å². The zero-order valence-corrected chi connectivity index (χ0v) is 23.0. The second kappa shape index (κ2) is 11.4. The number of nitrogens with two attached hydrogens (primary N) is 1. The molecule has 2 N–H and O–H groups in total. The molecule has 1 aromatic heterocycles. The Morgan fingerprint density at radius 1 is 1.17 bits per heavy atom. The van der Waals surface area contributed by atoms with Crippen molar-refractivity contribution < 1.29 is 14.0 Å². The van der Waals surface area contributed by atoms with Crippen molar-refractivity contribution in [2.45, 2.75) is 64.4 Å². The summed E-state index contributed by atoms with van der Waals surface area (Å²) in [6.07, 6.45) is 4.94. The Hall–Kier alpha value is -2.61. The lowest BCUT2D eigenvalue weighted by atomic mass is 10.1. The summed E-state index contributed by atoms with van der Waals surface area (Å²) in [7, 11) is -1.99. The third kappa shape index (κ3) is 7.43. The van der Waals surface area contributed by atoms with E-state index in [4.69, 9.17) is 26.5 Å². The number of rotatable bonds is 11. The van der Waals surface area contributed by atoms with Gasteiger partial charge in [-0.15, -0.1) is 0 Å². The van der Waals surface area contributed by atoms with Crippen LogP contribution in [0.3, 0.4) is 0 Å². The summed E-state index contributed by atoms with van der Waals surface area (Å²) in [5.74, 6) is 0.281. The molecule has 1 heterocycles. The number of imidazole rings is 1. The summed E-state index contributed by atoms with van der Waals surface area (Å²) in [4.78, 5) is 15.5.